The van der Waals surface area contributed by atoms with Gasteiger partial charge < -0.3 is 4.98 Å². The van der Waals surface area contributed by atoms with Gasteiger partial charge in [0.2, 0.25) is 0 Å². The molecule has 0 aliphatic heterocycles. The van der Waals surface area contributed by atoms with E-state index < -0.39 is 0 Å². The molecule has 0 atom stereocenters. The minimum Gasteiger partial charge on any atom is -0.364 e. The van der Waals surface area contributed by atoms with E-state index in [1.807, 2.05) is 25.3 Å². The van der Waals surface area contributed by atoms with Crippen LogP contribution in [0.15, 0.2) is 24.4 Å². The van der Waals surface area contributed by atoms with Gasteiger partial charge in [0, 0.05) is 38.1 Å². The zero-order valence-electron chi connectivity index (χ0n) is 8.39. The van der Waals surface area contributed by atoms with E-state index >= 15 is 0 Å². The Kier molecular flexibility index (Phi) is 5.98. The van der Waals surface area contributed by atoms with Gasteiger partial charge in [0.15, 0.2) is 0 Å². The molecule has 0 radical (unpaired) electrons. The maximum absolute atomic E-state index is 3.19. The van der Waals surface area contributed by atoms with E-state index in [1.165, 1.54) is 16.8 Å². The van der Waals surface area contributed by atoms with E-state index in [9.17, 15) is 0 Å². The Morgan fingerprint density at radius 1 is 1.23 bits per heavy atom. The monoisotopic (exact) mass is 251 g/mol. The molecule has 1 aromatic heterocycles. The second kappa shape index (κ2) is 6.15. The summed E-state index contributed by atoms with van der Waals surface area (Å²) in [5.41, 5.74) is 3.84. The molecule has 1 heterocycles. The molecule has 0 aromatic carbocycles. The third-order valence-electron chi connectivity index (χ3n) is 2.02. The molecule has 2 heteroatoms. The van der Waals surface area contributed by atoms with E-state index in [0.717, 1.165) is 0 Å². The number of aromatic nitrogens is 1. The minimum absolute atomic E-state index is 0. The van der Waals surface area contributed by atoms with Gasteiger partial charge in [-0.1, -0.05) is 24.3 Å². The second-order valence-electron chi connectivity index (χ2n) is 2.88. The van der Waals surface area contributed by atoms with Crippen molar-refractivity contribution >= 4 is 6.08 Å². The van der Waals surface area contributed by atoms with Crippen molar-refractivity contribution in [3.63, 3.8) is 0 Å². The van der Waals surface area contributed by atoms with Gasteiger partial charge in [-0.2, -0.15) is 0 Å². The number of aryl methyl sites for hydroxylation is 1. The Morgan fingerprint density at radius 2 is 1.92 bits per heavy atom. The van der Waals surface area contributed by atoms with Gasteiger partial charge in [-0.3, -0.25) is 0 Å². The molecule has 0 saturated carbocycles. The van der Waals surface area contributed by atoms with E-state index in [0.29, 0.717) is 0 Å². The fraction of sp³-hybridized carbons (Fsp3) is 0.273. The molecule has 1 N–H and O–H groups in total. The molecule has 0 aliphatic rings. The summed E-state index contributed by atoms with van der Waals surface area (Å²) >= 11 is 0. The Morgan fingerprint density at radius 3 is 2.38 bits per heavy atom. The zero-order chi connectivity index (χ0) is 8.97. The first-order chi connectivity index (χ1) is 5.75. The predicted molar refractivity (Wildman–Crippen MR) is 54.1 cm³/mol. The number of hydrogen-bond acceptors (Lipinski definition) is 0. The fourth-order valence-corrected chi connectivity index (χ4v) is 1.06. The Bertz CT molecular complexity index is 308. The van der Waals surface area contributed by atoms with Crippen LogP contribution in [-0.4, -0.2) is 4.98 Å². The van der Waals surface area contributed by atoms with Crippen molar-refractivity contribution in [1.29, 1.82) is 0 Å². The van der Waals surface area contributed by atoms with Crippen LogP contribution in [-0.2, 0) is 26.2 Å². The van der Waals surface area contributed by atoms with Crippen LogP contribution in [0.1, 0.15) is 23.7 Å². The molecule has 1 nitrogen and oxygen atoms in total. The van der Waals surface area contributed by atoms with Gasteiger partial charge in [-0.25, -0.2) is 0 Å². The van der Waals surface area contributed by atoms with Gasteiger partial charge in [0.25, 0.3) is 0 Å². The molecular weight excluding hydrogens is 237 g/mol. The molecule has 1 rings (SSSR count). The minimum atomic E-state index is 0. The molecular formula is C11H15NZr. The van der Waals surface area contributed by atoms with Crippen molar-refractivity contribution < 1.29 is 26.2 Å². The van der Waals surface area contributed by atoms with Crippen molar-refractivity contribution in [3.8, 4) is 0 Å². The number of rotatable bonds is 2. The fourth-order valence-electron chi connectivity index (χ4n) is 1.06. The summed E-state index contributed by atoms with van der Waals surface area (Å²) in [6.07, 6.45) is 10.2. The smallest absolute Gasteiger partial charge is 0.0151 e. The number of aromatic amines is 1. The molecule has 0 fully saturated rings. The van der Waals surface area contributed by atoms with E-state index in [4.69, 9.17) is 0 Å². The van der Waals surface area contributed by atoms with Gasteiger partial charge in [-0.05, 0) is 31.9 Å². The van der Waals surface area contributed by atoms with Crippen LogP contribution in [0.2, 0.25) is 0 Å². The second-order valence-corrected chi connectivity index (χ2v) is 2.88. The summed E-state index contributed by atoms with van der Waals surface area (Å²) in [5.74, 6) is 0. The normalized spacial score (nSPS) is 11.0. The van der Waals surface area contributed by atoms with Gasteiger partial charge in [0.05, 0.1) is 0 Å². The quantitative estimate of drug-likeness (QED) is 0.778. The zero-order valence-corrected chi connectivity index (χ0v) is 10.8. The first kappa shape index (κ1) is 12.6. The molecule has 68 valence electrons. The summed E-state index contributed by atoms with van der Waals surface area (Å²) < 4.78 is 0. The first-order valence-electron chi connectivity index (χ1n) is 4.19. The summed E-state index contributed by atoms with van der Waals surface area (Å²) in [6.45, 7) is 6.23. The molecule has 0 unspecified atom stereocenters. The van der Waals surface area contributed by atoms with E-state index in [1.54, 1.807) is 0 Å². The Labute approximate surface area is 99.1 Å². The molecule has 0 aliphatic carbocycles. The van der Waals surface area contributed by atoms with Crippen molar-refractivity contribution in [2.24, 2.45) is 0 Å². The molecule has 0 bridgehead atoms. The molecule has 0 amide bonds. The average Bonchev–Trinajstić information content (AvgIpc) is 2.36. The number of hydrogen-bond donors (Lipinski definition) is 1. The topological polar surface area (TPSA) is 15.8 Å². The Hall–Kier alpha value is -0.357. The maximum Gasteiger partial charge on any atom is 0.0151 e. The van der Waals surface area contributed by atoms with Gasteiger partial charge >= 0.3 is 0 Å². The Balaban J connectivity index is 0.00000144. The number of H-pyrrole nitrogens is 1. The van der Waals surface area contributed by atoms with Crippen molar-refractivity contribution in [2.45, 2.75) is 20.8 Å². The molecule has 0 saturated heterocycles. The first-order valence-corrected chi connectivity index (χ1v) is 4.19. The maximum atomic E-state index is 3.19. The van der Waals surface area contributed by atoms with Crippen LogP contribution in [0.4, 0.5) is 0 Å². The molecule has 13 heavy (non-hydrogen) atoms. The van der Waals surface area contributed by atoms with Crippen LogP contribution >= 0.6 is 0 Å². The molecule has 0 spiro atoms. The van der Waals surface area contributed by atoms with Crippen molar-refractivity contribution in [2.75, 3.05) is 0 Å². The number of nitrogens with one attached hydrogen (secondary N) is 1. The van der Waals surface area contributed by atoms with Crippen molar-refractivity contribution in [3.05, 3.63) is 41.2 Å². The van der Waals surface area contributed by atoms with Crippen LogP contribution < -0.4 is 0 Å². The van der Waals surface area contributed by atoms with Gasteiger partial charge in [-0.15, -0.1) is 0 Å². The van der Waals surface area contributed by atoms with Crippen LogP contribution in [0.3, 0.4) is 0 Å². The van der Waals surface area contributed by atoms with Crippen LogP contribution in [0.5, 0.6) is 0 Å². The standard InChI is InChI=1S/C11H15N.Zr/c1-4-5-6-7-11-8-12-10(3)9(11)2;/h4-8,12H,1-3H3;. The predicted octanol–water partition coefficient (Wildman–Crippen LogP) is 3.22. The molecule has 1 aromatic rings. The summed E-state index contributed by atoms with van der Waals surface area (Å²) in [4.78, 5) is 3.19. The summed E-state index contributed by atoms with van der Waals surface area (Å²) in [6, 6.07) is 0. The van der Waals surface area contributed by atoms with Crippen LogP contribution in [0.25, 0.3) is 6.08 Å². The SMILES string of the molecule is CC=CC=Cc1c[nH]c(C)c1C.[Zr]. The largest absolute Gasteiger partial charge is 0.364 e. The summed E-state index contributed by atoms with van der Waals surface area (Å²) in [5, 5.41) is 0. The third kappa shape index (κ3) is 3.48. The van der Waals surface area contributed by atoms with Gasteiger partial charge in [0.1, 0.15) is 0 Å². The third-order valence-corrected chi connectivity index (χ3v) is 2.02. The average molecular weight is 252 g/mol. The summed E-state index contributed by atoms with van der Waals surface area (Å²) in [7, 11) is 0. The van der Waals surface area contributed by atoms with Crippen molar-refractivity contribution in [1.82, 2.24) is 4.98 Å². The van der Waals surface area contributed by atoms with E-state index in [2.05, 4.69) is 31.0 Å². The number of allylic oxidation sites excluding steroid dienone is 3. The van der Waals surface area contributed by atoms with E-state index in [-0.39, 0.29) is 26.2 Å². The van der Waals surface area contributed by atoms with Crippen LogP contribution in [0, 0.1) is 13.8 Å².